The number of hydrogen-bond donors (Lipinski definition) is 2. The molecule has 1 aliphatic rings. The summed E-state index contributed by atoms with van der Waals surface area (Å²) in [4.78, 5) is 6.03. The van der Waals surface area contributed by atoms with Gasteiger partial charge in [0.15, 0.2) is 0 Å². The van der Waals surface area contributed by atoms with Gasteiger partial charge in [-0.2, -0.15) is 0 Å². The van der Waals surface area contributed by atoms with Gasteiger partial charge in [0, 0.05) is 50.2 Å². The Labute approximate surface area is 126 Å². The maximum Gasteiger partial charge on any atom is 0.0793 e. The lowest BCUT2D eigenvalue weighted by molar-refractivity contribution is 0.0669. The molecule has 1 aromatic rings. The zero-order chi connectivity index (χ0) is 14.4. The van der Waals surface area contributed by atoms with Gasteiger partial charge in [-0.1, -0.05) is 6.07 Å². The van der Waals surface area contributed by atoms with Gasteiger partial charge in [-0.3, -0.25) is 4.90 Å². The highest BCUT2D eigenvalue weighted by atomic mass is 32.1. The Morgan fingerprint density at radius 1 is 1.45 bits per heavy atom. The van der Waals surface area contributed by atoms with E-state index in [1.165, 1.54) is 4.88 Å². The van der Waals surface area contributed by atoms with Crippen molar-refractivity contribution in [1.29, 1.82) is 0 Å². The fourth-order valence-corrected chi connectivity index (χ4v) is 3.46. The molecule has 0 aliphatic carbocycles. The molecule has 5 heteroatoms. The van der Waals surface area contributed by atoms with E-state index in [0.29, 0.717) is 6.04 Å². The van der Waals surface area contributed by atoms with E-state index in [1.54, 1.807) is 0 Å². The predicted octanol–water partition coefficient (Wildman–Crippen LogP) is 0.877. The quantitative estimate of drug-likeness (QED) is 0.783. The molecule has 2 N–H and O–H groups in total. The Balaban J connectivity index is 1.70. The maximum absolute atomic E-state index is 10.2. The van der Waals surface area contributed by atoms with Crippen LogP contribution in [0.25, 0.3) is 0 Å². The van der Waals surface area contributed by atoms with Gasteiger partial charge >= 0.3 is 0 Å². The number of likely N-dealkylation sites (N-methyl/N-ethyl adjacent to an activating group) is 1. The number of aliphatic hydroxyl groups is 1. The molecule has 2 rings (SSSR count). The van der Waals surface area contributed by atoms with Crippen molar-refractivity contribution in [1.82, 2.24) is 15.1 Å². The molecule has 4 nitrogen and oxygen atoms in total. The summed E-state index contributed by atoms with van der Waals surface area (Å²) in [5, 5.41) is 15.7. The summed E-state index contributed by atoms with van der Waals surface area (Å²) < 4.78 is 0. The zero-order valence-corrected chi connectivity index (χ0v) is 13.4. The van der Waals surface area contributed by atoms with Crippen LogP contribution in [0.3, 0.4) is 0 Å². The number of piperazine rings is 1. The fraction of sp³-hybridized carbons (Fsp3) is 0.733. The number of aliphatic hydroxyl groups excluding tert-OH is 1. The lowest BCUT2D eigenvalue weighted by atomic mass is 10.1. The third-order valence-electron chi connectivity index (χ3n) is 4.01. The predicted molar refractivity (Wildman–Crippen MR) is 85.4 cm³/mol. The minimum atomic E-state index is -0.260. The highest BCUT2D eigenvalue weighted by Gasteiger charge is 2.18. The molecule has 2 unspecified atom stereocenters. The SMILES string of the molecule is CC(Cc1cccs1)N(C)CC(O)CN1CCNCC1. The minimum absolute atomic E-state index is 0.260. The van der Waals surface area contributed by atoms with Crippen LogP contribution in [0, 0.1) is 0 Å². The molecule has 2 atom stereocenters. The highest BCUT2D eigenvalue weighted by molar-refractivity contribution is 7.09. The van der Waals surface area contributed by atoms with Crippen molar-refractivity contribution >= 4 is 11.3 Å². The molecule has 0 bridgehead atoms. The van der Waals surface area contributed by atoms with Gasteiger partial charge in [0.1, 0.15) is 0 Å². The molecule has 114 valence electrons. The fourth-order valence-electron chi connectivity index (χ4n) is 2.64. The minimum Gasteiger partial charge on any atom is -0.390 e. The van der Waals surface area contributed by atoms with E-state index < -0.39 is 0 Å². The van der Waals surface area contributed by atoms with Gasteiger partial charge in [-0.15, -0.1) is 11.3 Å². The molecular weight excluding hydrogens is 270 g/mol. The van der Waals surface area contributed by atoms with Crippen LogP contribution in [0.1, 0.15) is 11.8 Å². The molecule has 1 aromatic heterocycles. The molecule has 20 heavy (non-hydrogen) atoms. The van der Waals surface area contributed by atoms with Gasteiger partial charge in [-0.05, 0) is 31.8 Å². The topological polar surface area (TPSA) is 38.7 Å². The van der Waals surface area contributed by atoms with E-state index >= 15 is 0 Å². The zero-order valence-electron chi connectivity index (χ0n) is 12.6. The standard InChI is InChI=1S/C15H27N3OS/c1-13(10-15-4-3-9-20-15)17(2)11-14(19)12-18-7-5-16-6-8-18/h3-4,9,13-14,16,19H,5-8,10-12H2,1-2H3. The molecule has 0 radical (unpaired) electrons. The van der Waals surface area contributed by atoms with Gasteiger partial charge in [-0.25, -0.2) is 0 Å². The summed E-state index contributed by atoms with van der Waals surface area (Å²) >= 11 is 1.81. The van der Waals surface area contributed by atoms with Crippen LogP contribution in [0.4, 0.5) is 0 Å². The van der Waals surface area contributed by atoms with Crippen LogP contribution in [-0.4, -0.2) is 73.4 Å². The number of rotatable bonds is 7. The van der Waals surface area contributed by atoms with Crippen LogP contribution in [0.15, 0.2) is 17.5 Å². The molecule has 2 heterocycles. The first-order valence-corrected chi connectivity index (χ1v) is 8.37. The van der Waals surface area contributed by atoms with Crippen molar-refractivity contribution in [2.24, 2.45) is 0 Å². The summed E-state index contributed by atoms with van der Waals surface area (Å²) in [7, 11) is 2.11. The second-order valence-electron chi connectivity index (χ2n) is 5.78. The third kappa shape index (κ3) is 5.14. The monoisotopic (exact) mass is 297 g/mol. The molecule has 1 fully saturated rings. The summed E-state index contributed by atoms with van der Waals surface area (Å²) in [6.45, 7) is 7.94. The molecular formula is C15H27N3OS. The average molecular weight is 297 g/mol. The largest absolute Gasteiger partial charge is 0.390 e. The molecule has 0 amide bonds. The van der Waals surface area contributed by atoms with E-state index in [-0.39, 0.29) is 6.10 Å². The normalized spacial score (nSPS) is 20.2. The van der Waals surface area contributed by atoms with E-state index in [0.717, 1.165) is 45.7 Å². The number of β-amino-alcohol motifs (C(OH)–C–C–N with tert-alkyl or cyclic N) is 1. The van der Waals surface area contributed by atoms with Gasteiger partial charge in [0.05, 0.1) is 6.10 Å². The maximum atomic E-state index is 10.2. The highest BCUT2D eigenvalue weighted by Crippen LogP contribution is 2.13. The first-order chi connectivity index (χ1) is 9.65. The van der Waals surface area contributed by atoms with Gasteiger partial charge in [0.25, 0.3) is 0 Å². The van der Waals surface area contributed by atoms with Crippen LogP contribution in [0.2, 0.25) is 0 Å². The first kappa shape index (κ1) is 15.9. The van der Waals surface area contributed by atoms with Crippen LogP contribution < -0.4 is 5.32 Å². The lowest BCUT2D eigenvalue weighted by Crippen LogP contribution is -2.48. The molecule has 1 saturated heterocycles. The van der Waals surface area contributed by atoms with Crippen molar-refractivity contribution < 1.29 is 5.11 Å². The van der Waals surface area contributed by atoms with E-state index in [9.17, 15) is 5.11 Å². The van der Waals surface area contributed by atoms with Gasteiger partial charge in [0.2, 0.25) is 0 Å². The van der Waals surface area contributed by atoms with Crippen molar-refractivity contribution in [3.05, 3.63) is 22.4 Å². The number of nitrogens with zero attached hydrogens (tertiary/aromatic N) is 2. The summed E-state index contributed by atoms with van der Waals surface area (Å²) in [5.41, 5.74) is 0. The second kappa shape index (κ2) is 8.10. The second-order valence-corrected chi connectivity index (χ2v) is 6.81. The average Bonchev–Trinajstić information content (AvgIpc) is 2.92. The lowest BCUT2D eigenvalue weighted by Gasteiger charge is -2.32. The Hall–Kier alpha value is -0.460. The van der Waals surface area contributed by atoms with Crippen LogP contribution in [-0.2, 0) is 6.42 Å². The van der Waals surface area contributed by atoms with Crippen molar-refractivity contribution in [3.8, 4) is 0 Å². The number of hydrogen-bond acceptors (Lipinski definition) is 5. The van der Waals surface area contributed by atoms with Crippen molar-refractivity contribution in [2.75, 3.05) is 46.3 Å². The Bertz CT molecular complexity index is 365. The summed E-state index contributed by atoms with van der Waals surface area (Å²) in [6, 6.07) is 4.75. The van der Waals surface area contributed by atoms with Gasteiger partial charge < -0.3 is 15.3 Å². The molecule has 0 saturated carbocycles. The van der Waals surface area contributed by atoms with E-state index in [2.05, 4.69) is 46.6 Å². The number of nitrogens with one attached hydrogen (secondary N) is 1. The van der Waals surface area contributed by atoms with E-state index in [1.807, 2.05) is 11.3 Å². The van der Waals surface area contributed by atoms with Crippen molar-refractivity contribution in [3.63, 3.8) is 0 Å². The molecule has 1 aliphatic heterocycles. The summed E-state index contributed by atoms with van der Waals surface area (Å²) in [6.07, 6.45) is 0.804. The Morgan fingerprint density at radius 3 is 2.85 bits per heavy atom. The Morgan fingerprint density at radius 2 is 2.20 bits per heavy atom. The smallest absolute Gasteiger partial charge is 0.0793 e. The van der Waals surface area contributed by atoms with E-state index in [4.69, 9.17) is 0 Å². The van der Waals surface area contributed by atoms with Crippen LogP contribution in [0.5, 0.6) is 0 Å². The molecule has 0 spiro atoms. The molecule has 0 aromatic carbocycles. The Kier molecular flexibility index (Phi) is 6.45. The first-order valence-electron chi connectivity index (χ1n) is 7.49. The summed E-state index contributed by atoms with van der Waals surface area (Å²) in [5.74, 6) is 0. The van der Waals surface area contributed by atoms with Crippen LogP contribution >= 0.6 is 11.3 Å². The third-order valence-corrected chi connectivity index (χ3v) is 4.91. The van der Waals surface area contributed by atoms with Crippen molar-refractivity contribution in [2.45, 2.75) is 25.5 Å². The number of thiophene rings is 1.